The fourth-order valence-corrected chi connectivity index (χ4v) is 5.47. The highest BCUT2D eigenvalue weighted by molar-refractivity contribution is 5.98. The summed E-state index contributed by atoms with van der Waals surface area (Å²) < 4.78 is 4.05. The highest BCUT2D eigenvalue weighted by Gasteiger charge is 2.27. The topological polar surface area (TPSA) is 72.2 Å². The fraction of sp³-hybridized carbons (Fsp3) is 0.519. The maximum absolute atomic E-state index is 12.8. The third-order valence-corrected chi connectivity index (χ3v) is 7.30. The number of anilines is 1. The number of hydrogen-bond acceptors (Lipinski definition) is 3. The molecule has 180 valence electrons. The standard InChI is InChI=1S/C27H35N5O2/c1-30-19-22(21-12-7-8-13-24(21)30)23-18-26-31(27(34)15-17-32(26)29-23)16-9-14-25(33)28-20-10-5-3-2-4-6-11-20/h7-8,12-13,18-20H,2-6,9-11,14-17H2,1H3,(H,28,33). The van der Waals surface area contributed by atoms with Gasteiger partial charge in [0.05, 0.1) is 12.2 Å². The molecule has 3 heterocycles. The van der Waals surface area contributed by atoms with Crippen LogP contribution in [0.3, 0.4) is 0 Å². The monoisotopic (exact) mass is 461 g/mol. The summed E-state index contributed by atoms with van der Waals surface area (Å²) >= 11 is 0. The van der Waals surface area contributed by atoms with E-state index in [0.29, 0.717) is 38.4 Å². The van der Waals surface area contributed by atoms with Gasteiger partial charge in [0.25, 0.3) is 0 Å². The minimum absolute atomic E-state index is 0.109. The van der Waals surface area contributed by atoms with Gasteiger partial charge < -0.3 is 9.88 Å². The van der Waals surface area contributed by atoms with Crippen molar-refractivity contribution in [3.05, 3.63) is 36.5 Å². The molecule has 2 aliphatic rings. The molecule has 34 heavy (non-hydrogen) atoms. The molecule has 1 aliphatic carbocycles. The van der Waals surface area contributed by atoms with Crippen molar-refractivity contribution in [2.45, 2.75) is 76.8 Å². The van der Waals surface area contributed by atoms with Crippen molar-refractivity contribution >= 4 is 28.5 Å². The quantitative estimate of drug-likeness (QED) is 0.574. The van der Waals surface area contributed by atoms with Gasteiger partial charge in [-0.2, -0.15) is 5.10 Å². The van der Waals surface area contributed by atoms with Crippen LogP contribution in [0.5, 0.6) is 0 Å². The second kappa shape index (κ2) is 10.0. The molecule has 1 aliphatic heterocycles. The van der Waals surface area contributed by atoms with Crippen molar-refractivity contribution in [2.24, 2.45) is 7.05 Å². The average molecular weight is 462 g/mol. The number of nitrogens with one attached hydrogen (secondary N) is 1. The summed E-state index contributed by atoms with van der Waals surface area (Å²) in [5.74, 6) is 1.05. The Labute approximate surface area is 201 Å². The molecule has 1 aromatic carbocycles. The summed E-state index contributed by atoms with van der Waals surface area (Å²) in [5.41, 5.74) is 3.12. The number of nitrogens with zero attached hydrogens (tertiary/aromatic N) is 4. The number of para-hydroxylation sites is 1. The van der Waals surface area contributed by atoms with Crippen molar-refractivity contribution in [2.75, 3.05) is 11.4 Å². The van der Waals surface area contributed by atoms with E-state index in [1.165, 1.54) is 32.1 Å². The zero-order valence-corrected chi connectivity index (χ0v) is 20.1. The molecule has 0 spiro atoms. The highest BCUT2D eigenvalue weighted by Crippen LogP contribution is 2.33. The molecular formula is C27H35N5O2. The Morgan fingerprint density at radius 2 is 1.88 bits per heavy atom. The van der Waals surface area contributed by atoms with E-state index in [-0.39, 0.29) is 11.8 Å². The molecule has 0 atom stereocenters. The van der Waals surface area contributed by atoms with Gasteiger partial charge in [-0.05, 0) is 25.3 Å². The van der Waals surface area contributed by atoms with E-state index in [9.17, 15) is 9.59 Å². The van der Waals surface area contributed by atoms with Gasteiger partial charge in [-0.3, -0.25) is 14.5 Å². The summed E-state index contributed by atoms with van der Waals surface area (Å²) in [6.45, 7) is 1.13. The second-order valence-corrected chi connectivity index (χ2v) is 9.79. The summed E-state index contributed by atoms with van der Waals surface area (Å²) in [5, 5.41) is 9.23. The largest absolute Gasteiger partial charge is 0.353 e. The zero-order valence-electron chi connectivity index (χ0n) is 20.1. The predicted octanol–water partition coefficient (Wildman–Crippen LogP) is 4.79. The first-order valence-electron chi connectivity index (χ1n) is 12.8. The molecular weight excluding hydrogens is 426 g/mol. The molecule has 0 radical (unpaired) electrons. The Hall–Kier alpha value is -3.09. The summed E-state index contributed by atoms with van der Waals surface area (Å²) in [4.78, 5) is 27.1. The van der Waals surface area contributed by atoms with E-state index in [0.717, 1.165) is 40.8 Å². The minimum Gasteiger partial charge on any atom is -0.353 e. The van der Waals surface area contributed by atoms with Gasteiger partial charge in [0, 0.05) is 61.2 Å². The van der Waals surface area contributed by atoms with Crippen LogP contribution in [0.2, 0.25) is 0 Å². The number of rotatable bonds is 6. The van der Waals surface area contributed by atoms with Gasteiger partial charge in [-0.15, -0.1) is 0 Å². The molecule has 7 nitrogen and oxygen atoms in total. The molecule has 1 N–H and O–H groups in total. The number of fused-ring (bicyclic) bond motifs is 2. The zero-order chi connectivity index (χ0) is 23.5. The molecule has 0 saturated heterocycles. The van der Waals surface area contributed by atoms with Crippen LogP contribution >= 0.6 is 0 Å². The van der Waals surface area contributed by atoms with Crippen LogP contribution in [0, 0.1) is 0 Å². The van der Waals surface area contributed by atoms with Crippen molar-refractivity contribution in [3.63, 3.8) is 0 Å². The second-order valence-electron chi connectivity index (χ2n) is 9.79. The summed E-state index contributed by atoms with van der Waals surface area (Å²) in [7, 11) is 2.04. The van der Waals surface area contributed by atoms with Gasteiger partial charge in [-0.25, -0.2) is 4.68 Å². The number of amides is 2. The third-order valence-electron chi connectivity index (χ3n) is 7.30. The van der Waals surface area contributed by atoms with E-state index in [2.05, 4.69) is 28.2 Å². The van der Waals surface area contributed by atoms with Crippen LogP contribution in [0.15, 0.2) is 36.5 Å². The van der Waals surface area contributed by atoms with Gasteiger partial charge in [-0.1, -0.05) is 50.3 Å². The Morgan fingerprint density at radius 1 is 1.12 bits per heavy atom. The molecule has 2 aromatic heterocycles. The molecule has 0 unspecified atom stereocenters. The molecule has 5 rings (SSSR count). The first-order valence-corrected chi connectivity index (χ1v) is 12.8. The number of hydrogen-bond donors (Lipinski definition) is 1. The Kier molecular flexibility index (Phi) is 6.70. The number of carbonyl (C=O) groups excluding carboxylic acids is 2. The number of aryl methyl sites for hydroxylation is 2. The van der Waals surface area contributed by atoms with Crippen molar-refractivity contribution in [1.82, 2.24) is 19.7 Å². The molecule has 3 aromatic rings. The first kappa shape index (κ1) is 22.7. The van der Waals surface area contributed by atoms with E-state index in [1.54, 1.807) is 0 Å². The first-order chi connectivity index (χ1) is 16.6. The lowest BCUT2D eigenvalue weighted by Crippen LogP contribution is -2.39. The number of benzene rings is 1. The van der Waals surface area contributed by atoms with Gasteiger partial charge in [0.1, 0.15) is 5.82 Å². The highest BCUT2D eigenvalue weighted by atomic mass is 16.2. The summed E-state index contributed by atoms with van der Waals surface area (Å²) in [6.07, 6.45) is 12.1. The van der Waals surface area contributed by atoms with E-state index in [1.807, 2.05) is 34.8 Å². The van der Waals surface area contributed by atoms with Crippen LogP contribution < -0.4 is 10.2 Å². The molecule has 2 amide bonds. The van der Waals surface area contributed by atoms with Gasteiger partial charge >= 0.3 is 0 Å². The average Bonchev–Trinajstić information content (AvgIpc) is 3.38. The lowest BCUT2D eigenvalue weighted by molar-refractivity contribution is -0.122. The number of carbonyl (C=O) groups is 2. The molecule has 1 saturated carbocycles. The van der Waals surface area contributed by atoms with Crippen molar-refractivity contribution < 1.29 is 9.59 Å². The van der Waals surface area contributed by atoms with Crippen LogP contribution in [-0.2, 0) is 23.2 Å². The number of aromatic nitrogens is 3. The minimum atomic E-state index is 0.109. The Bertz CT molecular complexity index is 1170. The Morgan fingerprint density at radius 3 is 2.71 bits per heavy atom. The third kappa shape index (κ3) is 4.74. The van der Waals surface area contributed by atoms with Gasteiger partial charge in [0.2, 0.25) is 11.8 Å². The predicted molar refractivity (Wildman–Crippen MR) is 135 cm³/mol. The van der Waals surface area contributed by atoms with E-state index >= 15 is 0 Å². The maximum Gasteiger partial charge on any atom is 0.229 e. The van der Waals surface area contributed by atoms with Gasteiger partial charge in [0.15, 0.2) is 0 Å². The van der Waals surface area contributed by atoms with E-state index < -0.39 is 0 Å². The molecule has 1 fully saturated rings. The van der Waals surface area contributed by atoms with Crippen LogP contribution in [0.4, 0.5) is 5.82 Å². The van der Waals surface area contributed by atoms with Crippen molar-refractivity contribution in [1.29, 1.82) is 0 Å². The lowest BCUT2D eigenvalue weighted by Gasteiger charge is -2.27. The van der Waals surface area contributed by atoms with Crippen LogP contribution in [0.1, 0.15) is 64.2 Å². The van der Waals surface area contributed by atoms with Crippen LogP contribution in [0.25, 0.3) is 22.2 Å². The van der Waals surface area contributed by atoms with Crippen LogP contribution in [-0.4, -0.2) is 38.7 Å². The molecule has 0 bridgehead atoms. The Balaban J connectivity index is 1.25. The lowest BCUT2D eigenvalue weighted by atomic mass is 9.96. The van der Waals surface area contributed by atoms with E-state index in [4.69, 9.17) is 5.10 Å². The summed E-state index contributed by atoms with van der Waals surface area (Å²) in [6, 6.07) is 10.6. The normalized spacial score (nSPS) is 17.4. The fourth-order valence-electron chi connectivity index (χ4n) is 5.47. The van der Waals surface area contributed by atoms with Crippen molar-refractivity contribution in [3.8, 4) is 11.3 Å². The maximum atomic E-state index is 12.8. The molecule has 7 heteroatoms. The SMILES string of the molecule is Cn1cc(-c2cc3n(n2)CCC(=O)N3CCCC(=O)NC2CCCCCCC2)c2ccccc21. The smallest absolute Gasteiger partial charge is 0.229 e.